The highest BCUT2D eigenvalue weighted by molar-refractivity contribution is 7.89. The zero-order valence-electron chi connectivity index (χ0n) is 15.8. The Labute approximate surface area is 172 Å². The van der Waals surface area contributed by atoms with Gasteiger partial charge in [0.2, 0.25) is 15.9 Å². The normalized spacial score (nSPS) is 15.6. The number of hydrogen-bond donors (Lipinski definition) is 0. The molecule has 29 heavy (non-hydrogen) atoms. The molecule has 0 unspecified atom stereocenters. The number of sulfonamides is 1. The van der Waals surface area contributed by atoms with Crippen LogP contribution in [0, 0.1) is 6.92 Å². The van der Waals surface area contributed by atoms with E-state index >= 15 is 0 Å². The molecule has 0 radical (unpaired) electrons. The Balaban J connectivity index is 1.35. The highest BCUT2D eigenvalue weighted by Crippen LogP contribution is 2.25. The van der Waals surface area contributed by atoms with Crippen molar-refractivity contribution in [2.24, 2.45) is 0 Å². The third kappa shape index (κ3) is 4.09. The minimum absolute atomic E-state index is 0.146. The van der Waals surface area contributed by atoms with Gasteiger partial charge < -0.3 is 9.64 Å². The lowest BCUT2D eigenvalue weighted by molar-refractivity contribution is -0.134. The molecule has 1 aliphatic rings. The molecule has 1 fully saturated rings. The van der Waals surface area contributed by atoms with Gasteiger partial charge in [0.15, 0.2) is 6.61 Å². The molecule has 10 heteroatoms. The average molecular weight is 433 g/mol. The molecule has 3 aromatic rings. The average Bonchev–Trinajstić information content (AvgIpc) is 3.22. The van der Waals surface area contributed by atoms with Gasteiger partial charge in [-0.1, -0.05) is 17.7 Å². The van der Waals surface area contributed by atoms with Crippen molar-refractivity contribution in [3.05, 3.63) is 47.6 Å². The van der Waals surface area contributed by atoms with Crippen molar-refractivity contribution in [2.45, 2.75) is 11.8 Å². The van der Waals surface area contributed by atoms with Crippen LogP contribution in [0.15, 0.2) is 46.9 Å². The van der Waals surface area contributed by atoms with Crippen molar-refractivity contribution >= 4 is 37.5 Å². The summed E-state index contributed by atoms with van der Waals surface area (Å²) in [5.74, 6) is 0.185. The first kappa shape index (κ1) is 19.7. The maximum absolute atomic E-state index is 12.8. The number of piperazine rings is 1. The van der Waals surface area contributed by atoms with Crippen molar-refractivity contribution in [3.8, 4) is 5.88 Å². The minimum atomic E-state index is -3.55. The summed E-state index contributed by atoms with van der Waals surface area (Å²) < 4.78 is 32.6. The first-order valence-corrected chi connectivity index (χ1v) is 11.4. The molecule has 0 spiro atoms. The lowest BCUT2D eigenvalue weighted by atomic mass is 10.2. The summed E-state index contributed by atoms with van der Waals surface area (Å²) in [7, 11) is -3.55. The summed E-state index contributed by atoms with van der Waals surface area (Å²) in [6, 6.07) is 8.64. The van der Waals surface area contributed by atoms with Crippen LogP contribution in [0.3, 0.4) is 0 Å². The molecule has 1 aromatic carbocycles. The summed E-state index contributed by atoms with van der Waals surface area (Å²) in [5, 5.41) is 2.67. The molecule has 0 atom stereocenters. The van der Waals surface area contributed by atoms with E-state index in [4.69, 9.17) is 4.74 Å². The number of thiophene rings is 1. The predicted octanol–water partition coefficient (Wildman–Crippen LogP) is 1.91. The van der Waals surface area contributed by atoms with E-state index in [1.54, 1.807) is 29.2 Å². The summed E-state index contributed by atoms with van der Waals surface area (Å²) in [5.41, 5.74) is 1.00. The number of amides is 1. The largest absolute Gasteiger partial charge is 0.467 e. The first-order chi connectivity index (χ1) is 13.9. The number of rotatable bonds is 5. The van der Waals surface area contributed by atoms with E-state index in [2.05, 4.69) is 9.97 Å². The fourth-order valence-electron chi connectivity index (χ4n) is 3.14. The number of fused-ring (bicyclic) bond motifs is 1. The molecule has 8 nitrogen and oxygen atoms in total. The van der Waals surface area contributed by atoms with Gasteiger partial charge in [0, 0.05) is 26.2 Å². The molecule has 4 rings (SSSR count). The molecule has 3 heterocycles. The maximum Gasteiger partial charge on any atom is 0.260 e. The van der Waals surface area contributed by atoms with Crippen LogP contribution in [0.1, 0.15) is 5.56 Å². The Morgan fingerprint density at radius 3 is 2.55 bits per heavy atom. The Hall–Kier alpha value is -2.56. The zero-order valence-corrected chi connectivity index (χ0v) is 17.4. The van der Waals surface area contributed by atoms with Gasteiger partial charge in [-0.25, -0.2) is 18.4 Å². The van der Waals surface area contributed by atoms with Crippen LogP contribution >= 0.6 is 11.3 Å². The van der Waals surface area contributed by atoms with Crippen molar-refractivity contribution in [1.29, 1.82) is 0 Å². The van der Waals surface area contributed by atoms with E-state index in [9.17, 15) is 13.2 Å². The third-order valence-electron chi connectivity index (χ3n) is 4.81. The molecule has 1 saturated heterocycles. The Kier molecular flexibility index (Phi) is 5.48. The number of carbonyl (C=O) groups is 1. The van der Waals surface area contributed by atoms with Gasteiger partial charge in [-0.3, -0.25) is 4.79 Å². The van der Waals surface area contributed by atoms with Crippen LogP contribution in [0.4, 0.5) is 0 Å². The fraction of sp³-hybridized carbons (Fsp3) is 0.316. The zero-order chi connectivity index (χ0) is 20.4. The van der Waals surface area contributed by atoms with Crippen LogP contribution in [0.2, 0.25) is 0 Å². The van der Waals surface area contributed by atoms with E-state index in [0.29, 0.717) is 19.0 Å². The first-order valence-electron chi connectivity index (χ1n) is 9.11. The van der Waals surface area contributed by atoms with Gasteiger partial charge in [-0.15, -0.1) is 11.3 Å². The van der Waals surface area contributed by atoms with Crippen molar-refractivity contribution in [2.75, 3.05) is 32.8 Å². The van der Waals surface area contributed by atoms with E-state index in [0.717, 1.165) is 15.8 Å². The highest BCUT2D eigenvalue weighted by Gasteiger charge is 2.30. The minimum Gasteiger partial charge on any atom is -0.467 e. The lowest BCUT2D eigenvalue weighted by Crippen LogP contribution is -2.51. The van der Waals surface area contributed by atoms with Gasteiger partial charge in [-0.2, -0.15) is 4.31 Å². The van der Waals surface area contributed by atoms with Crippen molar-refractivity contribution in [3.63, 3.8) is 0 Å². The smallest absolute Gasteiger partial charge is 0.260 e. The maximum atomic E-state index is 12.8. The van der Waals surface area contributed by atoms with Crippen LogP contribution in [-0.4, -0.2) is 66.3 Å². The second kappa shape index (κ2) is 8.05. The highest BCUT2D eigenvalue weighted by atomic mass is 32.2. The number of aryl methyl sites for hydroxylation is 1. The molecule has 0 N–H and O–H groups in total. The van der Waals surface area contributed by atoms with Crippen LogP contribution < -0.4 is 4.74 Å². The Bertz CT molecular complexity index is 1120. The van der Waals surface area contributed by atoms with Gasteiger partial charge in [0.05, 0.1) is 10.3 Å². The van der Waals surface area contributed by atoms with Gasteiger partial charge in [0.1, 0.15) is 11.2 Å². The van der Waals surface area contributed by atoms with Gasteiger partial charge in [0.25, 0.3) is 5.91 Å². The van der Waals surface area contributed by atoms with E-state index in [1.807, 2.05) is 18.4 Å². The summed E-state index contributed by atoms with van der Waals surface area (Å²) in [4.78, 5) is 23.4. The molecule has 0 bridgehead atoms. The van der Waals surface area contributed by atoms with E-state index < -0.39 is 10.0 Å². The second-order valence-corrected chi connectivity index (χ2v) is 9.54. The van der Waals surface area contributed by atoms with Crippen LogP contribution in [0.5, 0.6) is 5.88 Å². The molecule has 152 valence electrons. The molecular formula is C19H20N4O4S2. The summed E-state index contributed by atoms with van der Waals surface area (Å²) in [6.45, 7) is 2.92. The summed E-state index contributed by atoms with van der Waals surface area (Å²) >= 11 is 1.48. The number of ether oxygens (including phenoxy) is 1. The van der Waals surface area contributed by atoms with Gasteiger partial charge >= 0.3 is 0 Å². The van der Waals surface area contributed by atoms with Gasteiger partial charge in [-0.05, 0) is 30.5 Å². The molecule has 0 saturated carbocycles. The molecule has 1 aliphatic heterocycles. The monoisotopic (exact) mass is 432 g/mol. The van der Waals surface area contributed by atoms with Crippen LogP contribution in [0.25, 0.3) is 10.2 Å². The standard InChI is InChI=1S/C19H20N4O4S2/c1-14-2-4-15(5-3-14)29(25,26)23-9-7-22(8-10-23)17(24)12-27-18-16-6-11-28-19(16)21-13-20-18/h2-6,11,13H,7-10,12H2,1H3. The quantitative estimate of drug-likeness (QED) is 0.612. The van der Waals surface area contributed by atoms with E-state index in [1.165, 1.54) is 22.0 Å². The molecule has 1 amide bonds. The Morgan fingerprint density at radius 1 is 1.10 bits per heavy atom. The van der Waals surface area contributed by atoms with E-state index in [-0.39, 0.29) is 30.5 Å². The molecule has 2 aromatic heterocycles. The number of nitrogens with zero attached hydrogens (tertiary/aromatic N) is 4. The number of carbonyl (C=O) groups excluding carboxylic acids is 1. The topological polar surface area (TPSA) is 92.7 Å². The Morgan fingerprint density at radius 2 is 1.83 bits per heavy atom. The molecule has 0 aliphatic carbocycles. The third-order valence-corrected chi connectivity index (χ3v) is 7.54. The molecular weight excluding hydrogens is 412 g/mol. The van der Waals surface area contributed by atoms with Crippen molar-refractivity contribution < 1.29 is 17.9 Å². The van der Waals surface area contributed by atoms with Crippen molar-refractivity contribution in [1.82, 2.24) is 19.2 Å². The lowest BCUT2D eigenvalue weighted by Gasteiger charge is -2.33. The summed E-state index contributed by atoms with van der Waals surface area (Å²) in [6.07, 6.45) is 1.41. The number of benzene rings is 1. The second-order valence-electron chi connectivity index (χ2n) is 6.70. The predicted molar refractivity (Wildman–Crippen MR) is 109 cm³/mol. The number of hydrogen-bond acceptors (Lipinski definition) is 7. The van der Waals surface area contributed by atoms with Crippen LogP contribution in [-0.2, 0) is 14.8 Å². The SMILES string of the molecule is Cc1ccc(S(=O)(=O)N2CCN(C(=O)COc3ncnc4sccc34)CC2)cc1. The number of aromatic nitrogens is 2. The fourth-order valence-corrected chi connectivity index (χ4v) is 5.29.